The van der Waals surface area contributed by atoms with Gasteiger partial charge in [-0.1, -0.05) is 20.3 Å². The molecule has 0 fully saturated rings. The fourth-order valence-electron chi connectivity index (χ4n) is 1.39. The van der Waals surface area contributed by atoms with Crippen molar-refractivity contribution in [3.63, 3.8) is 0 Å². The van der Waals surface area contributed by atoms with Gasteiger partial charge in [0.1, 0.15) is 5.69 Å². The van der Waals surface area contributed by atoms with Crippen molar-refractivity contribution in [2.75, 3.05) is 31.2 Å². The smallest absolute Gasteiger partial charge is 0.275 e. The van der Waals surface area contributed by atoms with Crippen molar-refractivity contribution in [2.45, 2.75) is 33.2 Å². The number of aliphatic hydroxyl groups is 1. The third-order valence-corrected chi connectivity index (χ3v) is 2.14. The number of nitrogens with two attached hydrogens (primary N) is 1. The molecule has 110 valence electrons. The predicted octanol–water partition coefficient (Wildman–Crippen LogP) is 0.0690. The summed E-state index contributed by atoms with van der Waals surface area (Å²) in [5.41, 5.74) is 5.91. The summed E-state index contributed by atoms with van der Waals surface area (Å²) in [6.45, 7) is 6.39. The highest BCUT2D eigenvalue weighted by Crippen LogP contribution is 2.07. The van der Waals surface area contributed by atoms with Gasteiger partial charge in [0, 0.05) is 6.54 Å². The second-order valence-corrected chi connectivity index (χ2v) is 4.20. The molecule has 0 aliphatic rings. The number of likely N-dealkylation sites (N-methyl/N-ethyl adjacent to an activating group) is 1. The Morgan fingerprint density at radius 3 is 2.47 bits per heavy atom. The van der Waals surface area contributed by atoms with Crippen LogP contribution in [0, 0.1) is 6.92 Å². The number of rotatable bonds is 5. The second-order valence-electron chi connectivity index (χ2n) is 4.20. The van der Waals surface area contributed by atoms with Crippen molar-refractivity contribution in [3.05, 3.63) is 16.0 Å². The third-order valence-electron chi connectivity index (χ3n) is 2.14. The number of aryl methyl sites for hydroxylation is 1. The molecule has 0 amide bonds. The molecule has 19 heavy (non-hydrogen) atoms. The molecular weight excluding hydrogens is 246 g/mol. The maximum atomic E-state index is 11.6. The number of nitrogens with one attached hydrogen (secondary N) is 3. The van der Waals surface area contributed by atoms with E-state index < -0.39 is 0 Å². The minimum absolute atomic E-state index is 0.0793. The number of aromatic amines is 1. The predicted molar refractivity (Wildman–Crippen MR) is 78.4 cm³/mol. The fourth-order valence-corrected chi connectivity index (χ4v) is 1.39. The molecule has 0 spiro atoms. The molecular formula is C12H25N5O2. The van der Waals surface area contributed by atoms with E-state index in [-0.39, 0.29) is 24.2 Å². The topological polar surface area (TPSA) is 116 Å². The Labute approximate surface area is 113 Å². The Bertz CT molecular complexity index is 419. The van der Waals surface area contributed by atoms with Crippen LogP contribution in [0.15, 0.2) is 4.79 Å². The van der Waals surface area contributed by atoms with Gasteiger partial charge in [0.2, 0.25) is 5.95 Å². The van der Waals surface area contributed by atoms with Crippen LogP contribution in [0.25, 0.3) is 0 Å². The van der Waals surface area contributed by atoms with E-state index >= 15 is 0 Å². The molecule has 1 unspecified atom stereocenters. The van der Waals surface area contributed by atoms with Crippen molar-refractivity contribution in [1.29, 1.82) is 0 Å². The van der Waals surface area contributed by atoms with Crippen LogP contribution in [0.5, 0.6) is 0 Å². The minimum Gasteiger partial charge on any atom is -0.394 e. The first-order valence-corrected chi connectivity index (χ1v) is 6.38. The number of aliphatic hydroxyl groups excluding tert-OH is 1. The van der Waals surface area contributed by atoms with E-state index in [4.69, 9.17) is 10.8 Å². The Hall–Kier alpha value is -1.60. The molecule has 0 saturated carbocycles. The summed E-state index contributed by atoms with van der Waals surface area (Å²) >= 11 is 0. The molecule has 1 aromatic heterocycles. The van der Waals surface area contributed by atoms with Crippen LogP contribution in [0.2, 0.25) is 0 Å². The highest BCUT2D eigenvalue weighted by atomic mass is 16.3. The standard InChI is InChI=1S/C9H17N5O2.C3H8/c1-5-7(8(16)14-9(10)12-5)13-6(4-15)3-11-2;1-3-2/h6,11,13,15H,3-4H2,1-2H3,(H3,10,12,14,16);3H2,1-2H3. The minimum atomic E-state index is -0.334. The number of anilines is 2. The van der Waals surface area contributed by atoms with Crippen molar-refractivity contribution < 1.29 is 5.11 Å². The molecule has 7 heteroatoms. The van der Waals surface area contributed by atoms with Gasteiger partial charge in [-0.3, -0.25) is 9.78 Å². The van der Waals surface area contributed by atoms with Crippen LogP contribution >= 0.6 is 0 Å². The molecule has 0 aromatic carbocycles. The lowest BCUT2D eigenvalue weighted by Gasteiger charge is -2.17. The summed E-state index contributed by atoms with van der Waals surface area (Å²) in [4.78, 5) is 17.9. The monoisotopic (exact) mass is 271 g/mol. The fraction of sp³-hybridized carbons (Fsp3) is 0.667. The summed E-state index contributed by atoms with van der Waals surface area (Å²) in [7, 11) is 1.77. The molecule has 0 bridgehead atoms. The molecule has 0 aliphatic carbocycles. The summed E-state index contributed by atoms with van der Waals surface area (Å²) in [5.74, 6) is 0.0854. The van der Waals surface area contributed by atoms with Crippen LogP contribution in [0.3, 0.4) is 0 Å². The summed E-state index contributed by atoms with van der Waals surface area (Å²) in [6.07, 6.45) is 1.25. The molecule has 1 heterocycles. The van der Waals surface area contributed by atoms with Gasteiger partial charge in [-0.15, -0.1) is 0 Å². The van der Waals surface area contributed by atoms with Crippen LogP contribution < -0.4 is 21.9 Å². The van der Waals surface area contributed by atoms with Gasteiger partial charge < -0.3 is 21.5 Å². The van der Waals surface area contributed by atoms with E-state index in [9.17, 15) is 4.79 Å². The van der Waals surface area contributed by atoms with E-state index in [1.807, 2.05) is 0 Å². The van der Waals surface area contributed by atoms with E-state index in [1.165, 1.54) is 6.42 Å². The van der Waals surface area contributed by atoms with Crippen molar-refractivity contribution >= 4 is 11.6 Å². The number of nitrogen functional groups attached to an aromatic ring is 1. The highest BCUT2D eigenvalue weighted by molar-refractivity contribution is 5.48. The van der Waals surface area contributed by atoms with Crippen LogP contribution in [-0.2, 0) is 0 Å². The molecule has 0 aliphatic heterocycles. The molecule has 6 N–H and O–H groups in total. The number of nitrogens with zero attached hydrogens (tertiary/aromatic N) is 1. The van der Waals surface area contributed by atoms with Gasteiger partial charge >= 0.3 is 0 Å². The molecule has 0 radical (unpaired) electrons. The van der Waals surface area contributed by atoms with Gasteiger partial charge in [-0.05, 0) is 14.0 Å². The average Bonchev–Trinajstić information content (AvgIpc) is 2.33. The third kappa shape index (κ3) is 6.21. The largest absolute Gasteiger partial charge is 0.394 e. The zero-order valence-corrected chi connectivity index (χ0v) is 12.1. The van der Waals surface area contributed by atoms with E-state index in [0.717, 1.165) is 0 Å². The number of hydrogen-bond acceptors (Lipinski definition) is 6. The molecule has 1 atom stereocenters. The van der Waals surface area contributed by atoms with E-state index in [0.29, 0.717) is 17.9 Å². The van der Waals surface area contributed by atoms with Gasteiger partial charge in [-0.2, -0.15) is 0 Å². The van der Waals surface area contributed by atoms with E-state index in [1.54, 1.807) is 14.0 Å². The van der Waals surface area contributed by atoms with Crippen molar-refractivity contribution in [2.24, 2.45) is 0 Å². The molecule has 0 saturated heterocycles. The van der Waals surface area contributed by atoms with Crippen molar-refractivity contribution in [3.8, 4) is 0 Å². The summed E-state index contributed by atoms with van der Waals surface area (Å²) in [6, 6.07) is -0.241. The van der Waals surface area contributed by atoms with Gasteiger partial charge in [0.15, 0.2) is 0 Å². The second kappa shape index (κ2) is 9.35. The summed E-state index contributed by atoms with van der Waals surface area (Å²) < 4.78 is 0. The zero-order chi connectivity index (χ0) is 14.8. The van der Waals surface area contributed by atoms with Crippen LogP contribution in [-0.4, -0.2) is 41.3 Å². The van der Waals surface area contributed by atoms with Crippen LogP contribution in [0.4, 0.5) is 11.6 Å². The Morgan fingerprint density at radius 2 is 2.05 bits per heavy atom. The Kier molecular flexibility index (Phi) is 8.56. The lowest BCUT2D eigenvalue weighted by molar-refractivity contribution is 0.272. The Morgan fingerprint density at radius 1 is 1.47 bits per heavy atom. The maximum Gasteiger partial charge on any atom is 0.275 e. The van der Waals surface area contributed by atoms with Crippen molar-refractivity contribution in [1.82, 2.24) is 15.3 Å². The Balaban J connectivity index is 0.000000982. The van der Waals surface area contributed by atoms with Gasteiger partial charge in [0.05, 0.1) is 18.3 Å². The molecule has 7 nitrogen and oxygen atoms in total. The first-order valence-electron chi connectivity index (χ1n) is 6.38. The lowest BCUT2D eigenvalue weighted by atomic mass is 10.2. The average molecular weight is 271 g/mol. The first kappa shape index (κ1) is 17.4. The van der Waals surface area contributed by atoms with Crippen LogP contribution in [0.1, 0.15) is 26.0 Å². The first-order chi connectivity index (χ1) is 8.99. The number of hydrogen-bond donors (Lipinski definition) is 5. The van der Waals surface area contributed by atoms with Gasteiger partial charge in [0.25, 0.3) is 5.56 Å². The van der Waals surface area contributed by atoms with Gasteiger partial charge in [-0.25, -0.2) is 4.98 Å². The quantitative estimate of drug-likeness (QED) is 0.517. The molecule has 1 rings (SSSR count). The normalized spacial score (nSPS) is 11.4. The van der Waals surface area contributed by atoms with E-state index in [2.05, 4.69) is 34.4 Å². The number of H-pyrrole nitrogens is 1. The SMILES string of the molecule is CCC.CNCC(CO)Nc1c(C)nc(N)[nH]c1=O. The maximum absolute atomic E-state index is 11.6. The zero-order valence-electron chi connectivity index (χ0n) is 12.1. The molecule has 1 aromatic rings. The number of aromatic nitrogens is 2. The lowest BCUT2D eigenvalue weighted by Crippen LogP contribution is -2.36. The summed E-state index contributed by atoms with van der Waals surface area (Å²) in [5, 5.41) is 14.9. The highest BCUT2D eigenvalue weighted by Gasteiger charge is 2.12.